The molecule has 2 nitrogen and oxygen atoms in total. The first-order valence-electron chi connectivity index (χ1n) is 8.85. The van der Waals surface area contributed by atoms with Gasteiger partial charge in [-0.2, -0.15) is 0 Å². The smallest absolute Gasteiger partial charge is 0.302 e. The summed E-state index contributed by atoms with van der Waals surface area (Å²) in [6.07, 6.45) is 16.0. The molecule has 2 heteroatoms. The molecule has 0 aromatic heterocycles. The van der Waals surface area contributed by atoms with E-state index in [1.807, 2.05) is 6.08 Å². The number of carbonyl (C=O) groups excluding carboxylic acids is 1. The Kier molecular flexibility index (Phi) is 7.89. The van der Waals surface area contributed by atoms with Gasteiger partial charge in [0.25, 0.3) is 0 Å². The zero-order valence-electron chi connectivity index (χ0n) is 16.6. The summed E-state index contributed by atoms with van der Waals surface area (Å²) >= 11 is 0. The second-order valence-electron chi connectivity index (χ2n) is 7.47. The van der Waals surface area contributed by atoms with Crippen molar-refractivity contribution in [3.05, 3.63) is 71.4 Å². The lowest BCUT2D eigenvalue weighted by atomic mass is 9.71. The van der Waals surface area contributed by atoms with Crippen molar-refractivity contribution in [1.29, 1.82) is 0 Å². The molecule has 0 spiro atoms. The molecule has 1 unspecified atom stereocenters. The Morgan fingerprint density at radius 2 is 1.80 bits per heavy atom. The van der Waals surface area contributed by atoms with E-state index < -0.39 is 0 Å². The Bertz CT molecular complexity index is 652. The van der Waals surface area contributed by atoms with E-state index in [4.69, 9.17) is 4.74 Å². The third kappa shape index (κ3) is 7.13. The highest BCUT2D eigenvalue weighted by molar-refractivity contribution is 5.66. The Morgan fingerprint density at radius 3 is 2.36 bits per heavy atom. The number of carbonyl (C=O) groups is 1. The predicted molar refractivity (Wildman–Crippen MR) is 107 cm³/mol. The first-order chi connectivity index (χ1) is 11.7. The fourth-order valence-corrected chi connectivity index (χ4v) is 3.33. The third-order valence-corrected chi connectivity index (χ3v) is 4.41. The van der Waals surface area contributed by atoms with Crippen molar-refractivity contribution in [2.24, 2.45) is 5.41 Å². The van der Waals surface area contributed by atoms with E-state index in [0.29, 0.717) is 0 Å². The molecule has 0 amide bonds. The molecule has 136 valence electrons. The molecule has 0 N–H and O–H groups in total. The van der Waals surface area contributed by atoms with E-state index in [9.17, 15) is 4.79 Å². The minimum atomic E-state index is -0.195. The van der Waals surface area contributed by atoms with E-state index in [-0.39, 0.29) is 17.5 Å². The van der Waals surface area contributed by atoms with Crippen molar-refractivity contribution < 1.29 is 9.53 Å². The maximum atomic E-state index is 11.2. The van der Waals surface area contributed by atoms with Crippen LogP contribution in [0.4, 0.5) is 0 Å². The molecule has 0 aromatic rings. The van der Waals surface area contributed by atoms with Crippen LogP contribution >= 0.6 is 0 Å². The largest absolute Gasteiger partial charge is 0.462 e. The molecule has 0 fully saturated rings. The van der Waals surface area contributed by atoms with Crippen LogP contribution in [0, 0.1) is 5.41 Å². The van der Waals surface area contributed by atoms with Crippen molar-refractivity contribution in [3.63, 3.8) is 0 Å². The zero-order chi connectivity index (χ0) is 19.0. The van der Waals surface area contributed by atoms with Crippen LogP contribution in [-0.4, -0.2) is 12.1 Å². The van der Waals surface area contributed by atoms with Gasteiger partial charge in [0.15, 0.2) is 0 Å². The molecule has 0 saturated heterocycles. The quantitative estimate of drug-likeness (QED) is 0.422. The Balaban J connectivity index is 2.88. The lowest BCUT2D eigenvalue weighted by Gasteiger charge is -2.37. The molecule has 0 bridgehead atoms. The highest BCUT2D eigenvalue weighted by Crippen LogP contribution is 2.42. The molecule has 0 saturated carbocycles. The third-order valence-electron chi connectivity index (χ3n) is 4.41. The van der Waals surface area contributed by atoms with Gasteiger partial charge in [0.2, 0.25) is 0 Å². The van der Waals surface area contributed by atoms with Gasteiger partial charge in [-0.15, -0.1) is 0 Å². The molecule has 0 aliphatic heterocycles. The van der Waals surface area contributed by atoms with Crippen molar-refractivity contribution in [1.82, 2.24) is 0 Å². The fourth-order valence-electron chi connectivity index (χ4n) is 3.33. The molecular formula is C23H32O2. The van der Waals surface area contributed by atoms with Crippen LogP contribution in [0.2, 0.25) is 0 Å². The number of hydrogen-bond donors (Lipinski definition) is 0. The van der Waals surface area contributed by atoms with Gasteiger partial charge in [-0.1, -0.05) is 79.7 Å². The van der Waals surface area contributed by atoms with Gasteiger partial charge in [-0.05, 0) is 38.2 Å². The van der Waals surface area contributed by atoms with Gasteiger partial charge in [0, 0.05) is 13.3 Å². The summed E-state index contributed by atoms with van der Waals surface area (Å²) < 4.78 is 5.44. The van der Waals surface area contributed by atoms with Gasteiger partial charge in [0.1, 0.15) is 6.10 Å². The first-order valence-corrected chi connectivity index (χ1v) is 8.85. The van der Waals surface area contributed by atoms with E-state index in [2.05, 4.69) is 71.6 Å². The molecule has 0 heterocycles. The highest BCUT2D eigenvalue weighted by atomic mass is 16.5. The van der Waals surface area contributed by atoms with Crippen LogP contribution in [0.1, 0.15) is 54.4 Å². The van der Waals surface area contributed by atoms with Crippen LogP contribution in [0.3, 0.4) is 0 Å². The number of allylic oxidation sites excluding steroid dienone is 10. The summed E-state index contributed by atoms with van der Waals surface area (Å²) in [4.78, 5) is 11.2. The van der Waals surface area contributed by atoms with Crippen LogP contribution in [0.15, 0.2) is 71.4 Å². The topological polar surface area (TPSA) is 26.3 Å². The first kappa shape index (κ1) is 21.0. The monoisotopic (exact) mass is 340 g/mol. The number of rotatable bonds is 6. The summed E-state index contributed by atoms with van der Waals surface area (Å²) in [5.41, 5.74) is 5.01. The van der Waals surface area contributed by atoms with E-state index >= 15 is 0 Å². The van der Waals surface area contributed by atoms with Gasteiger partial charge in [-0.25, -0.2) is 0 Å². The minimum absolute atomic E-state index is 0.00163. The summed E-state index contributed by atoms with van der Waals surface area (Å²) in [5.74, 6) is -0.195. The van der Waals surface area contributed by atoms with Crippen molar-refractivity contribution >= 4 is 5.97 Å². The molecular weight excluding hydrogens is 308 g/mol. The van der Waals surface area contributed by atoms with Crippen molar-refractivity contribution in [2.45, 2.75) is 60.5 Å². The van der Waals surface area contributed by atoms with E-state index in [1.165, 1.54) is 29.2 Å². The van der Waals surface area contributed by atoms with Crippen molar-refractivity contribution in [3.8, 4) is 0 Å². The number of esters is 1. The van der Waals surface area contributed by atoms with Crippen LogP contribution in [-0.2, 0) is 9.53 Å². The SMILES string of the molecule is C=C/C=C(C)/C=C/C=C(C)/C=C/C1=C(C)CC(OC(C)=O)CC1(C)C. The van der Waals surface area contributed by atoms with Gasteiger partial charge < -0.3 is 4.74 Å². The number of ether oxygens (including phenoxy) is 1. The van der Waals surface area contributed by atoms with Crippen LogP contribution in [0.5, 0.6) is 0 Å². The lowest BCUT2D eigenvalue weighted by molar-refractivity contribution is -0.147. The standard InChI is InChI=1S/C23H32O2/c1-8-10-17(2)11-9-12-18(3)13-14-22-19(4)15-21(25-20(5)24)16-23(22,6)7/h8-14,21H,1,15-16H2,2-7H3/b11-9+,14-13+,17-10+,18-12+. The summed E-state index contributed by atoms with van der Waals surface area (Å²) in [6.45, 7) is 15.9. The zero-order valence-corrected chi connectivity index (χ0v) is 16.6. The minimum Gasteiger partial charge on any atom is -0.462 e. The Morgan fingerprint density at radius 1 is 1.16 bits per heavy atom. The number of hydrogen-bond acceptors (Lipinski definition) is 2. The molecule has 1 aliphatic rings. The highest BCUT2D eigenvalue weighted by Gasteiger charge is 2.33. The van der Waals surface area contributed by atoms with E-state index in [1.54, 1.807) is 6.08 Å². The average molecular weight is 341 g/mol. The summed E-state index contributed by atoms with van der Waals surface area (Å²) in [5, 5.41) is 0. The molecule has 1 atom stereocenters. The molecule has 1 aliphatic carbocycles. The Labute approximate surface area is 153 Å². The summed E-state index contributed by atoms with van der Waals surface area (Å²) in [6, 6.07) is 0. The van der Waals surface area contributed by atoms with Gasteiger partial charge in [-0.3, -0.25) is 4.79 Å². The average Bonchev–Trinajstić information content (AvgIpc) is 2.44. The molecule has 0 radical (unpaired) electrons. The second-order valence-corrected chi connectivity index (χ2v) is 7.47. The fraction of sp³-hybridized carbons (Fsp3) is 0.435. The lowest BCUT2D eigenvalue weighted by Crippen LogP contribution is -2.31. The van der Waals surface area contributed by atoms with Crippen LogP contribution < -0.4 is 0 Å². The van der Waals surface area contributed by atoms with Gasteiger partial charge >= 0.3 is 5.97 Å². The van der Waals surface area contributed by atoms with Gasteiger partial charge in [0.05, 0.1) is 0 Å². The maximum Gasteiger partial charge on any atom is 0.302 e. The molecule has 1 rings (SSSR count). The normalized spacial score (nSPS) is 21.9. The van der Waals surface area contributed by atoms with E-state index in [0.717, 1.165) is 12.8 Å². The predicted octanol–water partition coefficient (Wildman–Crippen LogP) is 6.25. The second kappa shape index (κ2) is 9.41. The molecule has 25 heavy (non-hydrogen) atoms. The Hall–Kier alpha value is -2.09. The van der Waals surface area contributed by atoms with Crippen LogP contribution in [0.25, 0.3) is 0 Å². The maximum absolute atomic E-state index is 11.2. The summed E-state index contributed by atoms with van der Waals surface area (Å²) in [7, 11) is 0. The van der Waals surface area contributed by atoms with Crippen molar-refractivity contribution in [2.75, 3.05) is 0 Å². The molecule has 0 aromatic carbocycles.